The van der Waals surface area contributed by atoms with E-state index in [1.165, 1.54) is 31.3 Å². The normalized spacial score (nSPS) is 27.0. The highest BCUT2D eigenvalue weighted by Gasteiger charge is 2.19. The highest BCUT2D eigenvalue weighted by molar-refractivity contribution is 5.39. The number of allylic oxidation sites excluding steroid dienone is 6. The molecular formula is C16H26. The van der Waals surface area contributed by atoms with Gasteiger partial charge < -0.3 is 0 Å². The van der Waals surface area contributed by atoms with Gasteiger partial charge in [0.05, 0.1) is 0 Å². The Balaban J connectivity index is 2.76. The summed E-state index contributed by atoms with van der Waals surface area (Å²) in [7, 11) is 0. The number of rotatable bonds is 4. The minimum absolute atomic E-state index is 0.770. The Morgan fingerprint density at radius 2 is 2.12 bits per heavy atom. The van der Waals surface area contributed by atoms with Crippen LogP contribution in [0.15, 0.2) is 34.9 Å². The van der Waals surface area contributed by atoms with Crippen LogP contribution in [0.25, 0.3) is 0 Å². The van der Waals surface area contributed by atoms with Gasteiger partial charge in [0.15, 0.2) is 0 Å². The lowest BCUT2D eigenvalue weighted by Gasteiger charge is -2.05. The molecular weight excluding hydrogens is 192 g/mol. The van der Waals surface area contributed by atoms with Crippen molar-refractivity contribution >= 4 is 0 Å². The number of hydrogen-bond acceptors (Lipinski definition) is 0. The molecule has 1 fully saturated rings. The van der Waals surface area contributed by atoms with Gasteiger partial charge in [0.1, 0.15) is 0 Å². The third-order valence-corrected chi connectivity index (χ3v) is 3.39. The Bertz CT molecular complexity index is 302. The van der Waals surface area contributed by atoms with Crippen LogP contribution in [0, 0.1) is 5.92 Å². The third kappa shape index (κ3) is 3.66. The van der Waals surface area contributed by atoms with Crippen molar-refractivity contribution < 1.29 is 0 Å². The minimum atomic E-state index is 0.770. The molecule has 0 radical (unpaired) electrons. The summed E-state index contributed by atoms with van der Waals surface area (Å²) >= 11 is 0. The van der Waals surface area contributed by atoms with Crippen molar-refractivity contribution in [1.29, 1.82) is 0 Å². The largest absolute Gasteiger partial charge is 0.0810 e. The van der Waals surface area contributed by atoms with Crippen LogP contribution in [0.3, 0.4) is 0 Å². The van der Waals surface area contributed by atoms with E-state index >= 15 is 0 Å². The minimum Gasteiger partial charge on any atom is -0.0810 e. The van der Waals surface area contributed by atoms with E-state index in [0.29, 0.717) is 0 Å². The van der Waals surface area contributed by atoms with Gasteiger partial charge in [-0.1, -0.05) is 51.0 Å². The predicted molar refractivity (Wildman–Crippen MR) is 73.5 cm³/mol. The van der Waals surface area contributed by atoms with Gasteiger partial charge in [-0.3, -0.25) is 0 Å². The van der Waals surface area contributed by atoms with Crippen molar-refractivity contribution in [1.82, 2.24) is 0 Å². The molecule has 0 saturated heterocycles. The molecule has 90 valence electrons. The Kier molecular flexibility index (Phi) is 5.59. The lowest BCUT2D eigenvalue weighted by atomic mass is 10.0. The van der Waals surface area contributed by atoms with Gasteiger partial charge in [-0.05, 0) is 49.7 Å². The van der Waals surface area contributed by atoms with Gasteiger partial charge in [-0.2, -0.15) is 0 Å². The van der Waals surface area contributed by atoms with Crippen LogP contribution >= 0.6 is 0 Å². The summed E-state index contributed by atoms with van der Waals surface area (Å²) < 4.78 is 0. The van der Waals surface area contributed by atoms with Crippen molar-refractivity contribution in [3.8, 4) is 0 Å². The van der Waals surface area contributed by atoms with E-state index in [1.807, 2.05) is 0 Å². The van der Waals surface area contributed by atoms with E-state index in [0.717, 1.165) is 12.3 Å². The van der Waals surface area contributed by atoms with E-state index in [4.69, 9.17) is 0 Å². The molecule has 0 heteroatoms. The molecule has 16 heavy (non-hydrogen) atoms. The molecule has 0 spiro atoms. The van der Waals surface area contributed by atoms with Crippen LogP contribution in [-0.2, 0) is 0 Å². The van der Waals surface area contributed by atoms with Crippen LogP contribution in [-0.4, -0.2) is 0 Å². The maximum Gasteiger partial charge on any atom is -0.0188 e. The van der Waals surface area contributed by atoms with Crippen LogP contribution in [0.2, 0.25) is 0 Å². The highest BCUT2D eigenvalue weighted by atomic mass is 14.2. The van der Waals surface area contributed by atoms with E-state index in [2.05, 4.69) is 45.9 Å². The molecule has 1 rings (SSSR count). The lowest BCUT2D eigenvalue weighted by molar-refractivity contribution is 0.695. The Labute approximate surface area is 101 Å². The average Bonchev–Trinajstić information content (AvgIpc) is 2.59. The molecule has 1 unspecified atom stereocenters. The summed E-state index contributed by atoms with van der Waals surface area (Å²) in [4.78, 5) is 0. The van der Waals surface area contributed by atoms with Crippen LogP contribution in [0.5, 0.6) is 0 Å². The molecule has 0 nitrogen and oxygen atoms in total. The molecule has 1 atom stereocenters. The molecule has 0 amide bonds. The topological polar surface area (TPSA) is 0 Å². The monoisotopic (exact) mass is 218 g/mol. The van der Waals surface area contributed by atoms with Gasteiger partial charge in [-0.25, -0.2) is 0 Å². The third-order valence-electron chi connectivity index (χ3n) is 3.39. The maximum absolute atomic E-state index is 2.41. The van der Waals surface area contributed by atoms with E-state index in [-0.39, 0.29) is 0 Å². The highest BCUT2D eigenvalue weighted by Crippen LogP contribution is 2.36. The lowest BCUT2D eigenvalue weighted by Crippen LogP contribution is -1.89. The van der Waals surface area contributed by atoms with Crippen molar-refractivity contribution in [2.75, 3.05) is 0 Å². The van der Waals surface area contributed by atoms with Crippen molar-refractivity contribution in [2.45, 2.75) is 59.8 Å². The molecule has 0 N–H and O–H groups in total. The van der Waals surface area contributed by atoms with E-state index in [9.17, 15) is 0 Å². The fourth-order valence-corrected chi connectivity index (χ4v) is 2.44. The van der Waals surface area contributed by atoms with Gasteiger partial charge in [0.2, 0.25) is 0 Å². The second-order valence-electron chi connectivity index (χ2n) is 4.96. The summed E-state index contributed by atoms with van der Waals surface area (Å²) in [6.07, 6.45) is 13.3. The molecule has 0 aromatic carbocycles. The fourth-order valence-electron chi connectivity index (χ4n) is 2.44. The summed E-state index contributed by atoms with van der Waals surface area (Å²) in [5.41, 5.74) is 4.68. The molecule has 0 bridgehead atoms. The SMILES string of the molecule is CC\C=C1/C(=C\C=C(/C)CCC)CCC1C. The smallest absolute Gasteiger partial charge is 0.0188 e. The zero-order valence-electron chi connectivity index (χ0n) is 11.3. The molecule has 1 saturated carbocycles. The van der Waals surface area contributed by atoms with Crippen LogP contribution < -0.4 is 0 Å². The van der Waals surface area contributed by atoms with Crippen molar-refractivity contribution in [3.05, 3.63) is 34.9 Å². The summed E-state index contributed by atoms with van der Waals surface area (Å²) in [5.74, 6) is 0.770. The molecule has 0 aromatic rings. The average molecular weight is 218 g/mol. The zero-order valence-corrected chi connectivity index (χ0v) is 11.3. The van der Waals surface area contributed by atoms with Crippen molar-refractivity contribution in [3.63, 3.8) is 0 Å². The second-order valence-corrected chi connectivity index (χ2v) is 4.96. The van der Waals surface area contributed by atoms with Crippen LogP contribution in [0.1, 0.15) is 59.8 Å². The zero-order chi connectivity index (χ0) is 12.0. The molecule has 1 aliphatic carbocycles. The summed E-state index contributed by atoms with van der Waals surface area (Å²) in [6, 6.07) is 0. The molecule has 0 heterocycles. The van der Waals surface area contributed by atoms with Crippen LogP contribution in [0.4, 0.5) is 0 Å². The Morgan fingerprint density at radius 1 is 1.38 bits per heavy atom. The number of hydrogen-bond donors (Lipinski definition) is 0. The first-order chi connectivity index (χ1) is 7.69. The van der Waals surface area contributed by atoms with Crippen molar-refractivity contribution in [2.24, 2.45) is 5.92 Å². The van der Waals surface area contributed by atoms with Gasteiger partial charge in [0.25, 0.3) is 0 Å². The van der Waals surface area contributed by atoms with Gasteiger partial charge >= 0.3 is 0 Å². The first-order valence-corrected chi connectivity index (χ1v) is 6.75. The summed E-state index contributed by atoms with van der Waals surface area (Å²) in [5, 5.41) is 0. The van der Waals surface area contributed by atoms with Gasteiger partial charge in [0, 0.05) is 0 Å². The Hall–Kier alpha value is -0.780. The first-order valence-electron chi connectivity index (χ1n) is 6.75. The predicted octanol–water partition coefficient (Wildman–Crippen LogP) is 5.43. The van der Waals surface area contributed by atoms with E-state index in [1.54, 1.807) is 11.1 Å². The standard InChI is InChI=1S/C16H26/c1-5-7-13(3)9-11-15-12-10-14(4)16(15)8-6-2/h8-9,11,14H,5-7,10,12H2,1-4H3/b13-9+,15-11-,16-8-. The first kappa shape index (κ1) is 13.3. The summed E-state index contributed by atoms with van der Waals surface area (Å²) in [6.45, 7) is 9.06. The maximum atomic E-state index is 2.41. The van der Waals surface area contributed by atoms with E-state index < -0.39 is 0 Å². The quantitative estimate of drug-likeness (QED) is 0.590. The fraction of sp³-hybridized carbons (Fsp3) is 0.625. The van der Waals surface area contributed by atoms with Gasteiger partial charge in [-0.15, -0.1) is 0 Å². The molecule has 1 aliphatic rings. The molecule has 0 aromatic heterocycles. The molecule has 0 aliphatic heterocycles. The Morgan fingerprint density at radius 3 is 2.75 bits per heavy atom. The second kappa shape index (κ2) is 6.73.